The molecule has 0 radical (unpaired) electrons. The Kier molecular flexibility index (Phi) is 3.35. The van der Waals surface area contributed by atoms with Gasteiger partial charge < -0.3 is 15.3 Å². The van der Waals surface area contributed by atoms with Gasteiger partial charge in [-0.05, 0) is 13.8 Å². The Morgan fingerprint density at radius 2 is 2.17 bits per heavy atom. The first-order valence-corrected chi connectivity index (χ1v) is 7.38. The molecule has 2 amide bonds. The maximum atomic E-state index is 11.9. The second-order valence-corrected chi connectivity index (χ2v) is 7.11. The van der Waals surface area contributed by atoms with Crippen molar-refractivity contribution in [1.82, 2.24) is 10.2 Å². The fourth-order valence-corrected chi connectivity index (χ4v) is 4.14. The van der Waals surface area contributed by atoms with E-state index >= 15 is 0 Å². The SMILES string of the molecule is CC1(C)S[C@@H]2[C@H](NC(=O)CBr)C(=O)N2[C@H]1C(=O)O. The number of carboxylic acid groups (broad SMARTS) is 1. The van der Waals surface area contributed by atoms with Crippen molar-refractivity contribution in [3.63, 3.8) is 0 Å². The summed E-state index contributed by atoms with van der Waals surface area (Å²) in [4.78, 5) is 35.8. The van der Waals surface area contributed by atoms with Gasteiger partial charge in [0.05, 0.1) is 5.33 Å². The lowest BCUT2D eigenvalue weighted by Gasteiger charge is -2.43. The molecule has 100 valence electrons. The first kappa shape index (κ1) is 13.7. The number of fused-ring (bicyclic) bond motifs is 1. The van der Waals surface area contributed by atoms with Crippen LogP contribution in [0, 0.1) is 0 Å². The van der Waals surface area contributed by atoms with Crippen molar-refractivity contribution < 1.29 is 19.5 Å². The topological polar surface area (TPSA) is 86.7 Å². The normalized spacial score (nSPS) is 32.7. The molecule has 2 rings (SSSR count). The molecule has 0 spiro atoms. The van der Waals surface area contributed by atoms with E-state index in [1.165, 1.54) is 16.7 Å². The fraction of sp³-hybridized carbons (Fsp3) is 0.700. The van der Waals surface area contributed by atoms with Gasteiger partial charge >= 0.3 is 5.97 Å². The number of nitrogens with zero attached hydrogens (tertiary/aromatic N) is 1. The number of carbonyl (C=O) groups is 3. The third kappa shape index (κ3) is 1.91. The smallest absolute Gasteiger partial charge is 0.327 e. The number of halogens is 1. The number of aliphatic carboxylic acids is 1. The summed E-state index contributed by atoms with van der Waals surface area (Å²) in [5, 5.41) is 11.6. The van der Waals surface area contributed by atoms with Crippen LogP contribution in [0.3, 0.4) is 0 Å². The summed E-state index contributed by atoms with van der Waals surface area (Å²) in [5.41, 5.74) is 0. The van der Waals surface area contributed by atoms with Crippen molar-refractivity contribution in [2.24, 2.45) is 0 Å². The molecule has 6 nitrogen and oxygen atoms in total. The van der Waals surface area contributed by atoms with Crippen LogP contribution in [-0.4, -0.2) is 55.3 Å². The summed E-state index contributed by atoms with van der Waals surface area (Å²) >= 11 is 4.42. The van der Waals surface area contributed by atoms with Gasteiger partial charge in [0.15, 0.2) is 0 Å². The van der Waals surface area contributed by atoms with Gasteiger partial charge in [0.1, 0.15) is 17.5 Å². The number of alkyl halides is 1. The van der Waals surface area contributed by atoms with E-state index in [2.05, 4.69) is 21.2 Å². The number of carbonyl (C=O) groups excluding carboxylic acids is 2. The summed E-state index contributed by atoms with van der Waals surface area (Å²) in [5.74, 6) is -1.60. The molecule has 0 bridgehead atoms. The molecule has 18 heavy (non-hydrogen) atoms. The van der Waals surface area contributed by atoms with Crippen LogP contribution >= 0.6 is 27.7 Å². The minimum atomic E-state index is -1.01. The number of hydrogen-bond acceptors (Lipinski definition) is 4. The third-order valence-electron chi connectivity index (χ3n) is 3.11. The van der Waals surface area contributed by atoms with Gasteiger partial charge in [-0.3, -0.25) is 9.59 Å². The Morgan fingerprint density at radius 3 is 2.67 bits per heavy atom. The molecule has 0 aromatic rings. The number of hydrogen-bond donors (Lipinski definition) is 2. The minimum absolute atomic E-state index is 0.125. The van der Waals surface area contributed by atoms with Crippen molar-refractivity contribution in [1.29, 1.82) is 0 Å². The van der Waals surface area contributed by atoms with Gasteiger partial charge in [0.2, 0.25) is 11.8 Å². The summed E-state index contributed by atoms with van der Waals surface area (Å²) in [6, 6.07) is -1.44. The molecule has 2 N–H and O–H groups in total. The van der Waals surface area contributed by atoms with Crippen LogP contribution in [-0.2, 0) is 14.4 Å². The number of β-lactam (4-membered cyclic amide) rings is 1. The average molecular weight is 337 g/mol. The number of rotatable bonds is 3. The standard InChI is InChI=1S/C10H13BrN2O4S/c1-10(2)6(9(16)17)13-7(15)5(8(13)18-10)12-4(14)3-11/h5-6,8H,3H2,1-2H3,(H,12,14)(H,16,17)/t5-,6+,8-/m1/s1. The van der Waals surface area contributed by atoms with Gasteiger partial charge in [-0.2, -0.15) is 0 Å². The molecule has 0 aromatic carbocycles. The van der Waals surface area contributed by atoms with E-state index in [0.29, 0.717) is 0 Å². The van der Waals surface area contributed by atoms with E-state index in [1.807, 2.05) is 0 Å². The van der Waals surface area contributed by atoms with E-state index in [4.69, 9.17) is 0 Å². The van der Waals surface area contributed by atoms with Crippen LogP contribution in [0.25, 0.3) is 0 Å². The van der Waals surface area contributed by atoms with E-state index in [9.17, 15) is 19.5 Å². The number of thioether (sulfide) groups is 1. The second-order valence-electron chi connectivity index (χ2n) is 4.78. The summed E-state index contributed by atoms with van der Waals surface area (Å²) < 4.78 is -0.556. The van der Waals surface area contributed by atoms with Gasteiger partial charge in [-0.1, -0.05) is 15.9 Å². The lowest BCUT2D eigenvalue weighted by molar-refractivity contribution is -0.160. The third-order valence-corrected chi connectivity index (χ3v) is 5.19. The molecular weight excluding hydrogens is 324 g/mol. The molecule has 2 saturated heterocycles. The Morgan fingerprint density at radius 1 is 1.56 bits per heavy atom. The Hall–Kier alpha value is -0.760. The molecule has 2 fully saturated rings. The lowest BCUT2D eigenvalue weighted by atomic mass is 9.96. The average Bonchev–Trinajstić information content (AvgIpc) is 2.54. The molecule has 3 atom stereocenters. The van der Waals surface area contributed by atoms with Crippen LogP contribution in [0.4, 0.5) is 0 Å². The zero-order chi connectivity index (χ0) is 13.7. The number of amides is 2. The van der Waals surface area contributed by atoms with Gasteiger partial charge in [0, 0.05) is 4.75 Å². The highest BCUT2D eigenvalue weighted by Crippen LogP contribution is 2.50. The highest BCUT2D eigenvalue weighted by molar-refractivity contribution is 9.09. The van der Waals surface area contributed by atoms with Crippen LogP contribution in [0.2, 0.25) is 0 Å². The maximum absolute atomic E-state index is 11.9. The molecule has 0 unspecified atom stereocenters. The molecule has 2 aliphatic heterocycles. The van der Waals surface area contributed by atoms with Gasteiger partial charge in [0.25, 0.3) is 0 Å². The molecule has 0 aromatic heterocycles. The van der Waals surface area contributed by atoms with Crippen molar-refractivity contribution in [3.05, 3.63) is 0 Å². The maximum Gasteiger partial charge on any atom is 0.327 e. The predicted octanol–water partition coefficient (Wildman–Crippen LogP) is 0.0130. The van der Waals surface area contributed by atoms with E-state index < -0.39 is 22.8 Å². The van der Waals surface area contributed by atoms with Crippen LogP contribution < -0.4 is 5.32 Å². The summed E-state index contributed by atoms with van der Waals surface area (Å²) in [6.45, 7) is 3.59. The summed E-state index contributed by atoms with van der Waals surface area (Å²) in [7, 11) is 0. The lowest BCUT2D eigenvalue weighted by Crippen LogP contribution is -2.70. The van der Waals surface area contributed by atoms with Crippen molar-refractivity contribution in [2.75, 3.05) is 5.33 Å². The first-order chi connectivity index (χ1) is 8.29. The highest BCUT2D eigenvalue weighted by atomic mass is 79.9. The fourth-order valence-electron chi connectivity index (χ4n) is 2.36. The quantitative estimate of drug-likeness (QED) is 0.560. The van der Waals surface area contributed by atoms with Crippen molar-refractivity contribution in [3.8, 4) is 0 Å². The van der Waals surface area contributed by atoms with Crippen molar-refractivity contribution in [2.45, 2.75) is 36.1 Å². The van der Waals surface area contributed by atoms with E-state index in [1.54, 1.807) is 13.8 Å². The van der Waals surface area contributed by atoms with Crippen molar-refractivity contribution >= 4 is 45.5 Å². The van der Waals surface area contributed by atoms with Gasteiger partial charge in [-0.15, -0.1) is 11.8 Å². The highest BCUT2D eigenvalue weighted by Gasteiger charge is 2.64. The molecule has 8 heteroatoms. The number of carboxylic acids is 1. The molecule has 2 heterocycles. The molecule has 0 aliphatic carbocycles. The van der Waals surface area contributed by atoms with Gasteiger partial charge in [-0.25, -0.2) is 4.79 Å². The monoisotopic (exact) mass is 336 g/mol. The predicted molar refractivity (Wildman–Crippen MR) is 69.5 cm³/mol. The largest absolute Gasteiger partial charge is 0.480 e. The second kappa shape index (κ2) is 4.41. The zero-order valence-electron chi connectivity index (χ0n) is 9.84. The minimum Gasteiger partial charge on any atom is -0.480 e. The van der Waals surface area contributed by atoms with Crippen LogP contribution in [0.15, 0.2) is 0 Å². The Labute approximate surface area is 117 Å². The summed E-state index contributed by atoms with van der Waals surface area (Å²) in [6.07, 6.45) is 0. The first-order valence-electron chi connectivity index (χ1n) is 5.37. The molecular formula is C10H13BrN2O4S. The van der Waals surface area contributed by atoms with Crippen LogP contribution in [0.5, 0.6) is 0 Å². The van der Waals surface area contributed by atoms with Crippen LogP contribution in [0.1, 0.15) is 13.8 Å². The number of nitrogens with one attached hydrogen (secondary N) is 1. The van der Waals surface area contributed by atoms with E-state index in [-0.39, 0.29) is 22.5 Å². The van der Waals surface area contributed by atoms with E-state index in [0.717, 1.165) is 0 Å². The Bertz CT molecular complexity index is 428. The zero-order valence-corrected chi connectivity index (χ0v) is 12.2. The Balaban J connectivity index is 2.16. The molecule has 2 aliphatic rings. The molecule has 0 saturated carbocycles.